The van der Waals surface area contributed by atoms with E-state index in [4.69, 9.17) is 4.74 Å². The van der Waals surface area contributed by atoms with Gasteiger partial charge in [-0.25, -0.2) is 4.98 Å². The fourth-order valence-corrected chi connectivity index (χ4v) is 2.16. The average molecular weight is 295 g/mol. The lowest BCUT2D eigenvalue weighted by atomic mass is 10.1. The molecule has 0 unspecified atom stereocenters. The summed E-state index contributed by atoms with van der Waals surface area (Å²) in [7, 11) is 3.40. The van der Waals surface area contributed by atoms with Gasteiger partial charge in [-0.05, 0) is 34.1 Å². The van der Waals surface area contributed by atoms with E-state index in [9.17, 15) is 4.79 Å². The van der Waals surface area contributed by atoms with Crippen LogP contribution in [0.2, 0.25) is 0 Å². The van der Waals surface area contributed by atoms with E-state index in [2.05, 4.69) is 20.9 Å². The highest BCUT2D eigenvalue weighted by molar-refractivity contribution is 9.10. The third kappa shape index (κ3) is 2.10. The molecule has 2 aromatic rings. The summed E-state index contributed by atoms with van der Waals surface area (Å²) < 4.78 is 7.68. The number of aryl methyl sites for hydroxylation is 1. The molecule has 5 heteroatoms. The van der Waals surface area contributed by atoms with Crippen molar-refractivity contribution in [1.29, 1.82) is 0 Å². The summed E-state index contributed by atoms with van der Waals surface area (Å²) in [5.74, 6) is 0.748. The SMILES string of the molecule is COc1ccc(-c2ncn(C)c2C=O)cc1Br. The van der Waals surface area contributed by atoms with Crippen molar-refractivity contribution in [3.8, 4) is 17.0 Å². The van der Waals surface area contributed by atoms with Crippen LogP contribution in [0.4, 0.5) is 0 Å². The van der Waals surface area contributed by atoms with E-state index in [0.717, 1.165) is 22.1 Å². The number of aldehydes is 1. The number of halogens is 1. The number of ether oxygens (including phenoxy) is 1. The van der Waals surface area contributed by atoms with Crippen molar-refractivity contribution in [2.45, 2.75) is 0 Å². The molecule has 0 bridgehead atoms. The zero-order valence-electron chi connectivity index (χ0n) is 9.48. The lowest BCUT2D eigenvalue weighted by molar-refractivity contribution is 0.111. The van der Waals surface area contributed by atoms with E-state index in [-0.39, 0.29) is 0 Å². The maximum Gasteiger partial charge on any atom is 0.168 e. The highest BCUT2D eigenvalue weighted by Crippen LogP contribution is 2.30. The van der Waals surface area contributed by atoms with Crippen molar-refractivity contribution in [2.24, 2.45) is 7.05 Å². The highest BCUT2D eigenvalue weighted by atomic mass is 79.9. The van der Waals surface area contributed by atoms with E-state index < -0.39 is 0 Å². The molecule has 0 amide bonds. The van der Waals surface area contributed by atoms with Crippen LogP contribution in [0, 0.1) is 0 Å². The van der Waals surface area contributed by atoms with Gasteiger partial charge in [0.05, 0.1) is 23.6 Å². The molecule has 0 saturated heterocycles. The summed E-state index contributed by atoms with van der Waals surface area (Å²) in [5.41, 5.74) is 2.10. The summed E-state index contributed by atoms with van der Waals surface area (Å²) >= 11 is 3.41. The van der Waals surface area contributed by atoms with E-state index in [0.29, 0.717) is 11.4 Å². The van der Waals surface area contributed by atoms with Crippen LogP contribution in [0.1, 0.15) is 10.5 Å². The Kier molecular flexibility index (Phi) is 3.28. The molecular weight excluding hydrogens is 284 g/mol. The number of carbonyl (C=O) groups excluding carboxylic acids is 1. The number of nitrogens with zero attached hydrogens (tertiary/aromatic N) is 2. The van der Waals surface area contributed by atoms with Gasteiger partial charge in [0.15, 0.2) is 6.29 Å². The van der Waals surface area contributed by atoms with Gasteiger partial charge in [-0.15, -0.1) is 0 Å². The Hall–Kier alpha value is -1.62. The summed E-state index contributed by atoms with van der Waals surface area (Å²) in [6, 6.07) is 5.59. The first-order chi connectivity index (χ1) is 8.17. The number of hydrogen-bond acceptors (Lipinski definition) is 3. The Morgan fingerprint density at radius 2 is 2.24 bits per heavy atom. The second-order valence-corrected chi connectivity index (χ2v) is 4.41. The molecule has 0 aliphatic rings. The van der Waals surface area contributed by atoms with Crippen LogP contribution in [-0.4, -0.2) is 22.9 Å². The minimum Gasteiger partial charge on any atom is -0.496 e. The van der Waals surface area contributed by atoms with Gasteiger partial charge in [0.25, 0.3) is 0 Å². The molecule has 4 nitrogen and oxygen atoms in total. The minimum atomic E-state index is 0.557. The molecule has 0 aliphatic carbocycles. The molecule has 88 valence electrons. The topological polar surface area (TPSA) is 44.1 Å². The van der Waals surface area contributed by atoms with Crippen LogP contribution in [0.5, 0.6) is 5.75 Å². The standard InChI is InChI=1S/C12H11BrN2O2/c1-15-7-14-12(10(15)6-16)8-3-4-11(17-2)9(13)5-8/h3-7H,1-2H3. The molecular formula is C12H11BrN2O2. The van der Waals surface area contributed by atoms with Crippen LogP contribution >= 0.6 is 15.9 Å². The third-order valence-electron chi connectivity index (χ3n) is 2.52. The fourth-order valence-electron chi connectivity index (χ4n) is 1.61. The van der Waals surface area contributed by atoms with Crippen molar-refractivity contribution in [3.63, 3.8) is 0 Å². The lowest BCUT2D eigenvalue weighted by Crippen LogP contribution is -1.94. The lowest BCUT2D eigenvalue weighted by Gasteiger charge is -2.05. The molecule has 0 radical (unpaired) electrons. The second kappa shape index (κ2) is 4.71. The molecule has 0 fully saturated rings. The normalized spacial score (nSPS) is 10.3. The first-order valence-corrected chi connectivity index (χ1v) is 5.77. The number of benzene rings is 1. The molecule has 0 aliphatic heterocycles. The van der Waals surface area contributed by atoms with Crippen molar-refractivity contribution in [2.75, 3.05) is 7.11 Å². The maximum absolute atomic E-state index is 11.0. The first-order valence-electron chi connectivity index (χ1n) is 4.97. The Bertz CT molecular complexity index is 564. The summed E-state index contributed by atoms with van der Waals surface area (Å²) in [4.78, 5) is 15.2. The zero-order chi connectivity index (χ0) is 12.4. The van der Waals surface area contributed by atoms with E-state index in [1.807, 2.05) is 18.2 Å². The van der Waals surface area contributed by atoms with Gasteiger partial charge in [0.1, 0.15) is 11.4 Å². The molecule has 1 heterocycles. The molecule has 0 atom stereocenters. The largest absolute Gasteiger partial charge is 0.496 e. The maximum atomic E-state index is 11.0. The monoisotopic (exact) mass is 294 g/mol. The Morgan fingerprint density at radius 1 is 1.47 bits per heavy atom. The molecule has 0 N–H and O–H groups in total. The van der Waals surface area contributed by atoms with Crippen molar-refractivity contribution < 1.29 is 9.53 Å². The van der Waals surface area contributed by atoms with Crippen LogP contribution in [-0.2, 0) is 7.05 Å². The number of hydrogen-bond donors (Lipinski definition) is 0. The number of methoxy groups -OCH3 is 1. The summed E-state index contributed by atoms with van der Waals surface area (Å²) in [6.07, 6.45) is 2.43. The van der Waals surface area contributed by atoms with Crippen LogP contribution < -0.4 is 4.74 Å². The van der Waals surface area contributed by atoms with E-state index in [1.54, 1.807) is 25.1 Å². The van der Waals surface area contributed by atoms with Gasteiger partial charge < -0.3 is 9.30 Å². The molecule has 0 saturated carbocycles. The zero-order valence-corrected chi connectivity index (χ0v) is 11.1. The van der Waals surface area contributed by atoms with Crippen molar-refractivity contribution in [1.82, 2.24) is 9.55 Å². The van der Waals surface area contributed by atoms with Crippen LogP contribution in [0.3, 0.4) is 0 Å². The first kappa shape index (κ1) is 11.9. The number of imidazole rings is 1. The smallest absolute Gasteiger partial charge is 0.168 e. The van der Waals surface area contributed by atoms with Gasteiger partial charge >= 0.3 is 0 Å². The van der Waals surface area contributed by atoms with Crippen LogP contribution in [0.15, 0.2) is 29.0 Å². The fraction of sp³-hybridized carbons (Fsp3) is 0.167. The molecule has 2 rings (SSSR count). The van der Waals surface area contributed by atoms with Crippen LogP contribution in [0.25, 0.3) is 11.3 Å². The quantitative estimate of drug-likeness (QED) is 0.818. The van der Waals surface area contributed by atoms with E-state index in [1.165, 1.54) is 0 Å². The Morgan fingerprint density at radius 3 is 2.82 bits per heavy atom. The molecule has 1 aromatic carbocycles. The van der Waals surface area contributed by atoms with Crippen molar-refractivity contribution >= 4 is 22.2 Å². The summed E-state index contributed by atoms with van der Waals surface area (Å²) in [6.45, 7) is 0. The highest BCUT2D eigenvalue weighted by Gasteiger charge is 2.11. The molecule has 0 spiro atoms. The third-order valence-corrected chi connectivity index (χ3v) is 3.14. The number of carbonyl (C=O) groups is 1. The van der Waals surface area contributed by atoms with Gasteiger partial charge in [-0.2, -0.15) is 0 Å². The second-order valence-electron chi connectivity index (χ2n) is 3.56. The van der Waals surface area contributed by atoms with Gasteiger partial charge in [0.2, 0.25) is 0 Å². The van der Waals surface area contributed by atoms with Gasteiger partial charge in [-0.1, -0.05) is 0 Å². The summed E-state index contributed by atoms with van der Waals surface area (Å²) in [5, 5.41) is 0. The van der Waals surface area contributed by atoms with E-state index >= 15 is 0 Å². The Labute approximate surface area is 107 Å². The number of rotatable bonds is 3. The predicted octanol–water partition coefficient (Wildman–Crippen LogP) is 2.67. The molecule has 17 heavy (non-hydrogen) atoms. The predicted molar refractivity (Wildman–Crippen MR) is 68.3 cm³/mol. The Balaban J connectivity index is 2.53. The van der Waals surface area contributed by atoms with Crippen molar-refractivity contribution in [3.05, 3.63) is 34.7 Å². The van der Waals surface area contributed by atoms with Gasteiger partial charge in [-0.3, -0.25) is 4.79 Å². The number of aromatic nitrogens is 2. The minimum absolute atomic E-state index is 0.557. The average Bonchev–Trinajstić information content (AvgIpc) is 2.70. The van der Waals surface area contributed by atoms with Gasteiger partial charge in [0, 0.05) is 12.6 Å². The molecule has 1 aromatic heterocycles.